The zero-order valence-electron chi connectivity index (χ0n) is 9.82. The van der Waals surface area contributed by atoms with E-state index in [0.717, 1.165) is 19.4 Å². The molecule has 0 aromatic rings. The van der Waals surface area contributed by atoms with Crippen LogP contribution in [0, 0.1) is 0 Å². The number of piperidine rings is 1. The number of likely N-dealkylation sites (tertiary alicyclic amines) is 1. The Morgan fingerprint density at radius 2 is 2.27 bits per heavy atom. The SMILES string of the molecule is CCO[Si](C)(O)C(C)N1CCCCC1=O. The normalized spacial score (nSPS) is 23.7. The molecular formula is C10H21NO3Si. The Bertz CT molecular complexity index is 233. The predicted molar refractivity (Wildman–Crippen MR) is 60.5 cm³/mol. The fourth-order valence-corrected chi connectivity index (χ4v) is 3.62. The van der Waals surface area contributed by atoms with E-state index in [-0.39, 0.29) is 11.6 Å². The Morgan fingerprint density at radius 1 is 1.60 bits per heavy atom. The first-order valence-electron chi connectivity index (χ1n) is 5.65. The molecule has 0 bridgehead atoms. The zero-order valence-corrected chi connectivity index (χ0v) is 10.8. The third-order valence-electron chi connectivity index (χ3n) is 3.04. The third kappa shape index (κ3) is 3.03. The predicted octanol–water partition coefficient (Wildman–Crippen LogP) is 1.03. The van der Waals surface area contributed by atoms with E-state index in [2.05, 4.69) is 0 Å². The number of carbonyl (C=O) groups is 1. The molecule has 1 aliphatic heterocycles. The molecule has 1 fully saturated rings. The van der Waals surface area contributed by atoms with E-state index in [1.54, 1.807) is 11.4 Å². The molecule has 88 valence electrons. The molecule has 0 aliphatic carbocycles. The van der Waals surface area contributed by atoms with Crippen molar-refractivity contribution >= 4 is 14.5 Å². The average molecular weight is 231 g/mol. The van der Waals surface area contributed by atoms with Gasteiger partial charge in [-0.15, -0.1) is 0 Å². The number of rotatable bonds is 4. The molecule has 0 aromatic heterocycles. The number of carbonyl (C=O) groups excluding carboxylic acids is 1. The van der Waals surface area contributed by atoms with Gasteiger partial charge in [-0.25, -0.2) is 0 Å². The van der Waals surface area contributed by atoms with E-state index in [9.17, 15) is 9.59 Å². The molecule has 2 atom stereocenters. The van der Waals surface area contributed by atoms with E-state index in [0.29, 0.717) is 13.0 Å². The summed E-state index contributed by atoms with van der Waals surface area (Å²) >= 11 is 0. The highest BCUT2D eigenvalue weighted by atomic mass is 28.4. The molecular weight excluding hydrogens is 210 g/mol. The van der Waals surface area contributed by atoms with Crippen LogP contribution in [0.3, 0.4) is 0 Å². The maximum absolute atomic E-state index is 11.7. The van der Waals surface area contributed by atoms with Crippen LogP contribution in [0.15, 0.2) is 0 Å². The molecule has 1 saturated heterocycles. The smallest absolute Gasteiger partial charge is 0.355 e. The van der Waals surface area contributed by atoms with Gasteiger partial charge in [-0.2, -0.15) is 0 Å². The summed E-state index contributed by atoms with van der Waals surface area (Å²) in [6.45, 7) is 6.78. The average Bonchev–Trinajstić information content (AvgIpc) is 2.17. The number of amides is 1. The van der Waals surface area contributed by atoms with Gasteiger partial charge in [0, 0.05) is 19.6 Å². The van der Waals surface area contributed by atoms with E-state index < -0.39 is 8.56 Å². The monoisotopic (exact) mass is 231 g/mol. The minimum Gasteiger partial charge on any atom is -0.410 e. The van der Waals surface area contributed by atoms with Crippen molar-refractivity contribution < 1.29 is 14.0 Å². The van der Waals surface area contributed by atoms with Crippen LogP contribution >= 0.6 is 0 Å². The van der Waals surface area contributed by atoms with Crippen molar-refractivity contribution in [1.82, 2.24) is 4.90 Å². The van der Waals surface area contributed by atoms with Gasteiger partial charge in [0.1, 0.15) is 0 Å². The second kappa shape index (κ2) is 5.09. The van der Waals surface area contributed by atoms with Crippen LogP contribution in [-0.2, 0) is 9.22 Å². The van der Waals surface area contributed by atoms with Gasteiger partial charge in [-0.05, 0) is 33.2 Å². The van der Waals surface area contributed by atoms with Crippen molar-refractivity contribution in [3.63, 3.8) is 0 Å². The van der Waals surface area contributed by atoms with Crippen LogP contribution in [0.1, 0.15) is 33.1 Å². The van der Waals surface area contributed by atoms with Gasteiger partial charge >= 0.3 is 8.56 Å². The summed E-state index contributed by atoms with van der Waals surface area (Å²) in [4.78, 5) is 23.6. The van der Waals surface area contributed by atoms with Gasteiger partial charge in [0.05, 0.1) is 5.67 Å². The van der Waals surface area contributed by atoms with Crippen molar-refractivity contribution in [2.45, 2.75) is 45.3 Å². The lowest BCUT2D eigenvalue weighted by Gasteiger charge is -2.38. The first-order valence-corrected chi connectivity index (χ1v) is 8.08. The van der Waals surface area contributed by atoms with Crippen molar-refractivity contribution in [1.29, 1.82) is 0 Å². The molecule has 1 N–H and O–H groups in total. The van der Waals surface area contributed by atoms with Crippen LogP contribution in [0.2, 0.25) is 6.55 Å². The molecule has 4 nitrogen and oxygen atoms in total. The topological polar surface area (TPSA) is 49.8 Å². The minimum absolute atomic E-state index is 0.148. The van der Waals surface area contributed by atoms with Crippen molar-refractivity contribution in [3.8, 4) is 0 Å². The standard InChI is InChI=1S/C10H21NO3Si/c1-4-14-15(3,13)9(2)11-8-6-5-7-10(11)12/h9,13H,4-8H2,1-3H3. The van der Waals surface area contributed by atoms with Gasteiger partial charge < -0.3 is 14.1 Å². The summed E-state index contributed by atoms with van der Waals surface area (Å²) in [5.41, 5.74) is -0.148. The molecule has 1 aliphatic rings. The Hall–Kier alpha value is -0.393. The Kier molecular flexibility index (Phi) is 4.30. The summed E-state index contributed by atoms with van der Waals surface area (Å²) in [7, 11) is -2.73. The fourth-order valence-electron chi connectivity index (χ4n) is 1.94. The zero-order chi connectivity index (χ0) is 11.5. The molecule has 15 heavy (non-hydrogen) atoms. The van der Waals surface area contributed by atoms with Crippen LogP contribution in [0.25, 0.3) is 0 Å². The molecule has 0 spiro atoms. The fraction of sp³-hybridized carbons (Fsp3) is 0.900. The van der Waals surface area contributed by atoms with Gasteiger partial charge in [-0.1, -0.05) is 0 Å². The highest BCUT2D eigenvalue weighted by molar-refractivity contribution is 6.66. The van der Waals surface area contributed by atoms with Crippen molar-refractivity contribution in [3.05, 3.63) is 0 Å². The molecule has 0 aromatic carbocycles. The molecule has 1 amide bonds. The lowest BCUT2D eigenvalue weighted by molar-refractivity contribution is -0.134. The number of hydrogen-bond acceptors (Lipinski definition) is 3. The number of hydrogen-bond donors (Lipinski definition) is 1. The summed E-state index contributed by atoms with van der Waals surface area (Å²) < 4.78 is 5.39. The lowest BCUT2D eigenvalue weighted by Crippen LogP contribution is -2.58. The van der Waals surface area contributed by atoms with E-state index >= 15 is 0 Å². The van der Waals surface area contributed by atoms with Crippen LogP contribution in [0.4, 0.5) is 0 Å². The van der Waals surface area contributed by atoms with Crippen molar-refractivity contribution in [2.24, 2.45) is 0 Å². The molecule has 1 rings (SSSR count). The van der Waals surface area contributed by atoms with Gasteiger partial charge in [-0.3, -0.25) is 4.79 Å². The quantitative estimate of drug-likeness (QED) is 0.735. The van der Waals surface area contributed by atoms with Gasteiger partial charge in [0.15, 0.2) is 0 Å². The maximum atomic E-state index is 11.7. The number of nitrogens with zero attached hydrogens (tertiary/aromatic N) is 1. The van der Waals surface area contributed by atoms with E-state index in [1.165, 1.54) is 0 Å². The molecule has 5 heteroatoms. The van der Waals surface area contributed by atoms with Crippen LogP contribution in [-0.4, -0.2) is 43.0 Å². The molecule has 0 radical (unpaired) electrons. The highest BCUT2D eigenvalue weighted by Crippen LogP contribution is 2.19. The second-order valence-corrected chi connectivity index (χ2v) is 7.44. The van der Waals surface area contributed by atoms with E-state index in [4.69, 9.17) is 4.43 Å². The largest absolute Gasteiger partial charge is 0.410 e. The molecule has 2 unspecified atom stereocenters. The highest BCUT2D eigenvalue weighted by Gasteiger charge is 2.40. The first kappa shape index (κ1) is 12.7. The second-order valence-electron chi connectivity index (χ2n) is 4.21. The summed E-state index contributed by atoms with van der Waals surface area (Å²) in [5, 5.41) is 0. The van der Waals surface area contributed by atoms with Crippen LogP contribution in [0.5, 0.6) is 0 Å². The third-order valence-corrected chi connectivity index (χ3v) is 5.77. The lowest BCUT2D eigenvalue weighted by atomic mass is 10.1. The minimum atomic E-state index is -2.73. The van der Waals surface area contributed by atoms with Crippen molar-refractivity contribution in [2.75, 3.05) is 13.2 Å². The Morgan fingerprint density at radius 3 is 2.80 bits per heavy atom. The summed E-state index contributed by atoms with van der Waals surface area (Å²) in [5.74, 6) is 0.154. The summed E-state index contributed by atoms with van der Waals surface area (Å²) in [6, 6.07) is 0. The first-order chi connectivity index (χ1) is 6.99. The van der Waals surface area contributed by atoms with E-state index in [1.807, 2.05) is 13.8 Å². The summed E-state index contributed by atoms with van der Waals surface area (Å²) in [6.07, 6.45) is 2.62. The maximum Gasteiger partial charge on any atom is 0.355 e. The van der Waals surface area contributed by atoms with Gasteiger partial charge in [0.2, 0.25) is 5.91 Å². The Labute approximate surface area is 92.5 Å². The molecule has 1 heterocycles. The Balaban J connectivity index is 2.64. The van der Waals surface area contributed by atoms with Gasteiger partial charge in [0.25, 0.3) is 0 Å². The van der Waals surface area contributed by atoms with Crippen LogP contribution < -0.4 is 0 Å². The molecule has 0 saturated carbocycles.